The largest absolute Gasteiger partial charge is 0.511 e. The Labute approximate surface area is 544 Å². The molecule has 6 rings (SSSR count). The van der Waals surface area contributed by atoms with Gasteiger partial charge in [0.05, 0.1) is 50.8 Å². The van der Waals surface area contributed by atoms with Crippen LogP contribution in [0.3, 0.4) is 0 Å². The number of piperidine rings is 1. The molecule has 5 aliphatic heterocycles. The Hall–Kier alpha value is -4.50. The summed E-state index contributed by atoms with van der Waals surface area (Å²) in [7, 11) is 4.31. The molecule has 25 atom stereocenters. The van der Waals surface area contributed by atoms with Crippen molar-refractivity contribution < 1.29 is 127 Å². The molecular weight excluding hydrogens is 1220 g/mol. The number of cyclic esters (lactones) is 1. The van der Waals surface area contributed by atoms with Gasteiger partial charge in [-0.3, -0.25) is 19.2 Å². The molecule has 0 spiro atoms. The smallest absolute Gasteiger partial charge is 0.460 e. The van der Waals surface area contributed by atoms with Gasteiger partial charge in [0.25, 0.3) is 11.7 Å². The molecule has 4 saturated heterocycles. The van der Waals surface area contributed by atoms with Crippen molar-refractivity contribution >= 4 is 35.4 Å². The minimum absolute atomic E-state index is 0.00992. The maximum absolute atomic E-state index is 14.9. The second-order valence-electron chi connectivity index (χ2n) is 26.1. The number of esters is 1. The van der Waals surface area contributed by atoms with E-state index in [4.69, 9.17) is 52.1 Å². The number of carbonyl (C=O) groups excluding carboxylic acids is 6. The van der Waals surface area contributed by atoms with Crippen molar-refractivity contribution in [3.8, 4) is 0 Å². The average molecular weight is 1330 g/mol. The van der Waals surface area contributed by atoms with Crippen molar-refractivity contribution in [3.63, 3.8) is 0 Å². The van der Waals surface area contributed by atoms with E-state index in [1.54, 1.807) is 46.1 Å². The third-order valence-corrected chi connectivity index (χ3v) is 19.2. The summed E-state index contributed by atoms with van der Waals surface area (Å²) in [5, 5.41) is 95.6. The van der Waals surface area contributed by atoms with E-state index < -0.39 is 182 Å². The molecule has 27 nitrogen and oxygen atoms in total. The lowest BCUT2D eigenvalue weighted by atomic mass is 9.78. The van der Waals surface area contributed by atoms with E-state index in [0.29, 0.717) is 51.4 Å². The average Bonchev–Trinajstić information content (AvgIpc) is 0.789. The summed E-state index contributed by atoms with van der Waals surface area (Å²) < 4.78 is 64.5. The zero-order valence-electron chi connectivity index (χ0n) is 55.3. The summed E-state index contributed by atoms with van der Waals surface area (Å²) in [6.07, 6.45) is -12.1. The third-order valence-electron chi connectivity index (χ3n) is 19.2. The maximum atomic E-state index is 14.9. The predicted molar refractivity (Wildman–Crippen MR) is 328 cm³/mol. The normalized spacial score (nSPS) is 41.7. The molecule has 6 aliphatic rings. The number of ether oxygens (including phenoxy) is 11. The Bertz CT molecular complexity index is 2580. The molecule has 93 heavy (non-hydrogen) atoms. The second-order valence-corrected chi connectivity index (χ2v) is 26.1. The lowest BCUT2D eigenvalue weighted by Gasteiger charge is -2.45. The number of aliphatic hydroxyl groups is 9. The van der Waals surface area contributed by atoms with Gasteiger partial charge in [-0.05, 0) is 107 Å². The number of carbonyl (C=O) groups is 6. The first-order chi connectivity index (χ1) is 44.2. The zero-order valence-corrected chi connectivity index (χ0v) is 55.3. The van der Waals surface area contributed by atoms with Gasteiger partial charge in [-0.25, -0.2) is 9.59 Å². The van der Waals surface area contributed by atoms with E-state index in [1.165, 1.54) is 27.2 Å². The molecule has 1 saturated carbocycles. The second kappa shape index (κ2) is 36.2. The van der Waals surface area contributed by atoms with Gasteiger partial charge < -0.3 is 103 Å². The Morgan fingerprint density at radius 2 is 1.42 bits per heavy atom. The van der Waals surface area contributed by atoms with E-state index in [0.717, 1.165) is 10.5 Å². The summed E-state index contributed by atoms with van der Waals surface area (Å²) in [5.41, 5.74) is 0.871. The van der Waals surface area contributed by atoms with Crippen LogP contribution in [-0.4, -0.2) is 257 Å². The Morgan fingerprint density at radius 1 is 0.731 bits per heavy atom. The number of amides is 1. The standard InChI is InChI=1S/C66H103NO26/c1-34-16-12-11-13-17-35(2)46(83-8)30-42-21-19-40(7)66(82,93-42)60(78)61(79)67-23-15-14-18-43(67)62(80)87-47(37(4)28-41-20-22-45(86-25-24-68)48(29-41)84-9)31-44(71)36(3)27-39(6)57(58(85-10)51(72)38(5)26-34)91-65(81)92-64-59(55(76)53(74)50(33-70)89-64)90-63-56(77)54(75)52(73)49(32-69)88-63/h11-13,16-17,27,34,36-38,40-43,45-50,52-59,63-64,68-70,73-77,82H,14-15,18-26,28-33H2,1-10H3/b13-11+,16-12-,35-17+,39-27+/t34-,36-,37-,38-,40-,41?,42+,43?,45-,46+,47+,48-,49-,50-,52-,53-,54+,55+,56-,57-,58+,59-,63-,64+,66-/m1/s1. The van der Waals surface area contributed by atoms with Crippen LogP contribution in [0.25, 0.3) is 0 Å². The van der Waals surface area contributed by atoms with Gasteiger partial charge in [-0.1, -0.05) is 71.1 Å². The van der Waals surface area contributed by atoms with Crippen molar-refractivity contribution in [3.05, 3.63) is 47.6 Å². The summed E-state index contributed by atoms with van der Waals surface area (Å²) in [4.78, 5) is 89.0. The van der Waals surface area contributed by atoms with Crippen LogP contribution in [0.1, 0.15) is 126 Å². The molecule has 5 fully saturated rings. The van der Waals surface area contributed by atoms with Crippen molar-refractivity contribution in [1.82, 2.24) is 4.90 Å². The van der Waals surface area contributed by atoms with Crippen LogP contribution >= 0.6 is 0 Å². The van der Waals surface area contributed by atoms with Gasteiger partial charge in [0.2, 0.25) is 12.1 Å². The summed E-state index contributed by atoms with van der Waals surface area (Å²) in [5.74, 6) is -10.2. The molecule has 0 aromatic heterocycles. The number of hydrogen-bond donors (Lipinski definition) is 9. The molecule has 2 unspecified atom stereocenters. The predicted octanol–water partition coefficient (Wildman–Crippen LogP) is 1.98. The first kappa shape index (κ1) is 77.5. The van der Waals surface area contributed by atoms with Crippen molar-refractivity contribution in [2.45, 2.75) is 241 Å². The Kier molecular flexibility index (Phi) is 30.2. The highest BCUT2D eigenvalue weighted by atomic mass is 16.8. The lowest BCUT2D eigenvalue weighted by molar-refractivity contribution is -0.362. The monoisotopic (exact) mass is 1330 g/mol. The first-order valence-corrected chi connectivity index (χ1v) is 32.7. The van der Waals surface area contributed by atoms with Gasteiger partial charge in [-0.2, -0.15) is 0 Å². The number of aliphatic hydroxyl groups excluding tert-OH is 8. The minimum atomic E-state index is -2.53. The van der Waals surface area contributed by atoms with Crippen LogP contribution in [0.5, 0.6) is 0 Å². The minimum Gasteiger partial charge on any atom is -0.460 e. The van der Waals surface area contributed by atoms with Crippen molar-refractivity contribution in [2.24, 2.45) is 35.5 Å². The molecule has 1 amide bonds. The van der Waals surface area contributed by atoms with E-state index in [1.807, 2.05) is 32.9 Å². The van der Waals surface area contributed by atoms with Gasteiger partial charge in [0.1, 0.15) is 60.7 Å². The molecule has 0 aromatic carbocycles. The molecule has 0 radical (unpaired) electrons. The lowest BCUT2D eigenvalue weighted by Crippen LogP contribution is -2.64. The molecule has 5 heterocycles. The molecule has 9 N–H and O–H groups in total. The van der Waals surface area contributed by atoms with Crippen LogP contribution in [-0.2, 0) is 76.1 Å². The van der Waals surface area contributed by atoms with Gasteiger partial charge >= 0.3 is 12.1 Å². The summed E-state index contributed by atoms with van der Waals surface area (Å²) >= 11 is 0. The van der Waals surface area contributed by atoms with Crippen LogP contribution in [0.15, 0.2) is 47.6 Å². The van der Waals surface area contributed by atoms with Gasteiger partial charge in [0.15, 0.2) is 30.4 Å². The van der Waals surface area contributed by atoms with Crippen LogP contribution < -0.4 is 0 Å². The Balaban J connectivity index is 1.38. The number of rotatable bonds is 15. The van der Waals surface area contributed by atoms with Gasteiger partial charge in [0, 0.05) is 58.5 Å². The van der Waals surface area contributed by atoms with Crippen molar-refractivity contribution in [2.75, 3.05) is 54.3 Å². The van der Waals surface area contributed by atoms with E-state index in [9.17, 15) is 74.7 Å². The number of methoxy groups -OCH3 is 3. The molecule has 1 aliphatic carbocycles. The molecule has 27 heteroatoms. The van der Waals surface area contributed by atoms with Crippen molar-refractivity contribution in [1.29, 1.82) is 0 Å². The summed E-state index contributed by atoms with van der Waals surface area (Å²) in [6, 6.07) is -1.29. The highest BCUT2D eigenvalue weighted by molar-refractivity contribution is 6.39. The zero-order chi connectivity index (χ0) is 68.6. The SMILES string of the molecule is CO[C@H]1C[C@@H]2CC[C@@H](C)[C@@](O)(O2)C(=O)C(=O)N2CCCCC2C(=O)O[C@H]([C@H](C)CC2CC[C@@H](OCCO)[C@H](OC)C2)CC(=O)[C@H](C)/C=C(\C)[C@@H](OC(=O)O[C@@H]2O[C@H](CO)[C@@H](O)[C@H](O)[C@H]2O[C@H]2O[C@H](CO)[C@@H](O)[C@H](O)[C@H]2O)[C@@H](OC)C(=O)[C@H](C)C[C@H](C)\C=C/C=C/C=C/1C. The fourth-order valence-corrected chi connectivity index (χ4v) is 13.5. The number of hydrogen-bond acceptors (Lipinski definition) is 26. The number of fused-ring (bicyclic) bond motifs is 3. The molecule has 2 bridgehead atoms. The fourth-order valence-electron chi connectivity index (χ4n) is 13.5. The van der Waals surface area contributed by atoms with E-state index >= 15 is 0 Å². The topological polar surface area (TPSA) is 389 Å². The van der Waals surface area contributed by atoms with E-state index in [-0.39, 0.29) is 68.6 Å². The van der Waals surface area contributed by atoms with Gasteiger partial charge in [-0.15, -0.1) is 0 Å². The highest BCUT2D eigenvalue weighted by Gasteiger charge is 2.55. The number of ketones is 3. The quantitative estimate of drug-likeness (QED) is 0.0643. The first-order valence-electron chi connectivity index (χ1n) is 32.7. The number of Topliss-reactive ketones (excluding diaryl/α,β-unsaturated/α-hetero) is 3. The third kappa shape index (κ3) is 19.9. The fraction of sp³-hybridized carbons (Fsp3) is 0.788. The summed E-state index contributed by atoms with van der Waals surface area (Å²) in [6.45, 7) is 10.0. The molecule has 528 valence electrons. The highest BCUT2D eigenvalue weighted by Crippen LogP contribution is 2.39. The Morgan fingerprint density at radius 3 is 2.08 bits per heavy atom. The van der Waals surface area contributed by atoms with Crippen LogP contribution in [0.2, 0.25) is 0 Å². The number of nitrogens with zero attached hydrogens (tertiary/aromatic N) is 1. The van der Waals surface area contributed by atoms with Crippen LogP contribution in [0.4, 0.5) is 4.79 Å². The maximum Gasteiger partial charge on any atom is 0.511 e. The number of allylic oxidation sites excluding steroid dienone is 6. The molecule has 0 aromatic rings. The van der Waals surface area contributed by atoms with Crippen LogP contribution in [0, 0.1) is 35.5 Å². The molecular formula is C66H103NO26. The van der Waals surface area contributed by atoms with E-state index in [2.05, 4.69) is 0 Å².